The smallest absolute Gasteiger partial charge is 0.223 e. The average Bonchev–Trinajstić information content (AvgIpc) is 2.40. The number of carbonyl (C=O) groups excluding carboxylic acids is 2. The molecule has 0 unspecified atom stereocenters. The van der Waals surface area contributed by atoms with Gasteiger partial charge >= 0.3 is 0 Å². The van der Waals surface area contributed by atoms with Crippen molar-refractivity contribution in [2.24, 2.45) is 5.92 Å². The van der Waals surface area contributed by atoms with Crippen LogP contribution in [-0.4, -0.2) is 11.7 Å². The standard InChI is InChI=1S/C16H21NO2/c1-11-3-4-12(2)14(9-11)10-17-16(19)13-5-7-15(18)8-6-13/h3-4,9,13H,5-8,10H2,1-2H3,(H,17,19). The molecule has 0 spiro atoms. The number of ketones is 1. The Bertz CT molecular complexity index is 484. The van der Waals surface area contributed by atoms with Crippen molar-refractivity contribution in [2.75, 3.05) is 0 Å². The van der Waals surface area contributed by atoms with Crippen molar-refractivity contribution >= 4 is 11.7 Å². The fourth-order valence-corrected chi connectivity index (χ4v) is 2.52. The van der Waals surface area contributed by atoms with Crippen LogP contribution >= 0.6 is 0 Å². The van der Waals surface area contributed by atoms with Gasteiger partial charge in [-0.3, -0.25) is 9.59 Å². The van der Waals surface area contributed by atoms with Crippen LogP contribution in [0.25, 0.3) is 0 Å². The molecule has 0 heterocycles. The number of aryl methyl sites for hydroxylation is 2. The van der Waals surface area contributed by atoms with Gasteiger partial charge in [0.1, 0.15) is 5.78 Å². The van der Waals surface area contributed by atoms with Crippen molar-refractivity contribution in [3.05, 3.63) is 34.9 Å². The molecule has 0 atom stereocenters. The maximum absolute atomic E-state index is 12.1. The summed E-state index contributed by atoms with van der Waals surface area (Å²) < 4.78 is 0. The number of carbonyl (C=O) groups is 2. The average molecular weight is 259 g/mol. The lowest BCUT2D eigenvalue weighted by Crippen LogP contribution is -2.33. The molecule has 0 bridgehead atoms. The van der Waals surface area contributed by atoms with E-state index in [4.69, 9.17) is 0 Å². The summed E-state index contributed by atoms with van der Waals surface area (Å²) in [6, 6.07) is 6.27. The molecule has 1 aromatic rings. The molecule has 1 fully saturated rings. The second-order valence-electron chi connectivity index (χ2n) is 5.46. The lowest BCUT2D eigenvalue weighted by molar-refractivity contribution is -0.128. The minimum Gasteiger partial charge on any atom is -0.352 e. The Morgan fingerprint density at radius 3 is 2.63 bits per heavy atom. The van der Waals surface area contributed by atoms with Gasteiger partial charge in [0.05, 0.1) is 0 Å². The third-order valence-electron chi connectivity index (χ3n) is 3.87. The second-order valence-corrected chi connectivity index (χ2v) is 5.46. The predicted octanol–water partition coefficient (Wildman–Crippen LogP) is 2.68. The number of benzene rings is 1. The van der Waals surface area contributed by atoms with E-state index in [1.165, 1.54) is 16.7 Å². The Labute approximate surface area is 114 Å². The van der Waals surface area contributed by atoms with Gasteiger partial charge in [-0.2, -0.15) is 0 Å². The summed E-state index contributed by atoms with van der Waals surface area (Å²) in [5.74, 6) is 0.398. The summed E-state index contributed by atoms with van der Waals surface area (Å²) in [5, 5.41) is 3.00. The summed E-state index contributed by atoms with van der Waals surface area (Å²) in [6.07, 6.45) is 2.53. The Hall–Kier alpha value is -1.64. The molecular formula is C16H21NO2. The van der Waals surface area contributed by atoms with Gasteiger partial charge in [0, 0.05) is 25.3 Å². The molecule has 2 rings (SSSR count). The number of hydrogen-bond donors (Lipinski definition) is 1. The Balaban J connectivity index is 1.89. The lowest BCUT2D eigenvalue weighted by Gasteiger charge is -2.20. The van der Waals surface area contributed by atoms with Gasteiger partial charge < -0.3 is 5.32 Å². The Morgan fingerprint density at radius 1 is 1.26 bits per heavy atom. The largest absolute Gasteiger partial charge is 0.352 e. The number of rotatable bonds is 3. The van der Waals surface area contributed by atoms with Crippen molar-refractivity contribution in [1.82, 2.24) is 5.32 Å². The van der Waals surface area contributed by atoms with Crippen LogP contribution in [0.1, 0.15) is 42.4 Å². The predicted molar refractivity (Wildman–Crippen MR) is 74.7 cm³/mol. The van der Waals surface area contributed by atoms with Gasteiger partial charge in [0.2, 0.25) is 5.91 Å². The molecule has 1 aliphatic rings. The molecular weight excluding hydrogens is 238 g/mol. The summed E-state index contributed by atoms with van der Waals surface area (Å²) in [6.45, 7) is 4.69. The third-order valence-corrected chi connectivity index (χ3v) is 3.87. The molecule has 0 radical (unpaired) electrons. The third kappa shape index (κ3) is 3.66. The Morgan fingerprint density at radius 2 is 1.95 bits per heavy atom. The zero-order chi connectivity index (χ0) is 13.8. The Kier molecular flexibility index (Phi) is 4.35. The monoisotopic (exact) mass is 259 g/mol. The van der Waals surface area contributed by atoms with Crippen LogP contribution in [0.4, 0.5) is 0 Å². The SMILES string of the molecule is Cc1ccc(C)c(CNC(=O)C2CCC(=O)CC2)c1. The van der Waals surface area contributed by atoms with Crippen LogP contribution in [-0.2, 0) is 16.1 Å². The molecule has 1 N–H and O–H groups in total. The molecule has 0 aliphatic heterocycles. The van der Waals surface area contributed by atoms with Crippen molar-refractivity contribution < 1.29 is 9.59 Å². The lowest BCUT2D eigenvalue weighted by atomic mass is 9.88. The molecule has 19 heavy (non-hydrogen) atoms. The summed E-state index contributed by atoms with van der Waals surface area (Å²) >= 11 is 0. The van der Waals surface area contributed by atoms with E-state index in [0.717, 1.165) is 0 Å². The van der Waals surface area contributed by atoms with Crippen molar-refractivity contribution in [2.45, 2.75) is 46.1 Å². The van der Waals surface area contributed by atoms with E-state index < -0.39 is 0 Å². The maximum atomic E-state index is 12.1. The number of amides is 1. The molecule has 1 aliphatic carbocycles. The first kappa shape index (κ1) is 13.8. The molecule has 102 valence electrons. The zero-order valence-corrected chi connectivity index (χ0v) is 11.7. The molecule has 1 aromatic carbocycles. The highest BCUT2D eigenvalue weighted by atomic mass is 16.2. The highest BCUT2D eigenvalue weighted by Crippen LogP contribution is 2.21. The van der Waals surface area contributed by atoms with Gasteiger partial charge in [0.25, 0.3) is 0 Å². The van der Waals surface area contributed by atoms with Crippen molar-refractivity contribution in [3.8, 4) is 0 Å². The van der Waals surface area contributed by atoms with Gasteiger partial charge in [-0.05, 0) is 37.8 Å². The van der Waals surface area contributed by atoms with Crippen molar-refractivity contribution in [1.29, 1.82) is 0 Å². The summed E-state index contributed by atoms with van der Waals surface area (Å²) in [4.78, 5) is 23.2. The van der Waals surface area contributed by atoms with E-state index >= 15 is 0 Å². The number of Topliss-reactive ketones (excluding diaryl/α,β-unsaturated/α-hetero) is 1. The van der Waals surface area contributed by atoms with Crippen LogP contribution in [0.15, 0.2) is 18.2 Å². The summed E-state index contributed by atoms with van der Waals surface area (Å²) in [7, 11) is 0. The van der Waals surface area contributed by atoms with E-state index in [9.17, 15) is 9.59 Å². The van der Waals surface area contributed by atoms with E-state index in [2.05, 4.69) is 37.4 Å². The van der Waals surface area contributed by atoms with E-state index in [1.807, 2.05) is 0 Å². The fourth-order valence-electron chi connectivity index (χ4n) is 2.52. The quantitative estimate of drug-likeness (QED) is 0.907. The molecule has 0 saturated heterocycles. The second kappa shape index (κ2) is 6.00. The fraction of sp³-hybridized carbons (Fsp3) is 0.500. The molecule has 1 amide bonds. The first-order valence-corrected chi connectivity index (χ1v) is 6.92. The van der Waals surface area contributed by atoms with E-state index in [0.29, 0.717) is 38.0 Å². The first-order chi connectivity index (χ1) is 9.06. The topological polar surface area (TPSA) is 46.2 Å². The van der Waals surface area contributed by atoms with Gasteiger partial charge in [-0.15, -0.1) is 0 Å². The first-order valence-electron chi connectivity index (χ1n) is 6.92. The molecule has 3 heteroatoms. The van der Waals surface area contributed by atoms with Crippen LogP contribution < -0.4 is 5.32 Å². The van der Waals surface area contributed by atoms with Gasteiger partial charge in [0.15, 0.2) is 0 Å². The van der Waals surface area contributed by atoms with Crippen LogP contribution in [0.3, 0.4) is 0 Å². The molecule has 1 saturated carbocycles. The van der Waals surface area contributed by atoms with E-state index in [1.54, 1.807) is 0 Å². The highest BCUT2D eigenvalue weighted by Gasteiger charge is 2.24. The minimum atomic E-state index is 0.0165. The van der Waals surface area contributed by atoms with Crippen molar-refractivity contribution in [3.63, 3.8) is 0 Å². The van der Waals surface area contributed by atoms with Crippen LogP contribution in [0, 0.1) is 19.8 Å². The van der Waals surface area contributed by atoms with E-state index in [-0.39, 0.29) is 11.8 Å². The molecule has 0 aromatic heterocycles. The molecule has 3 nitrogen and oxygen atoms in total. The summed E-state index contributed by atoms with van der Waals surface area (Å²) in [5.41, 5.74) is 3.57. The zero-order valence-electron chi connectivity index (χ0n) is 11.7. The van der Waals surface area contributed by atoms with Crippen LogP contribution in [0.5, 0.6) is 0 Å². The number of nitrogens with one attached hydrogen (secondary N) is 1. The van der Waals surface area contributed by atoms with Gasteiger partial charge in [-0.25, -0.2) is 0 Å². The number of hydrogen-bond acceptors (Lipinski definition) is 2. The minimum absolute atomic E-state index is 0.0165. The van der Waals surface area contributed by atoms with Crippen LogP contribution in [0.2, 0.25) is 0 Å². The highest BCUT2D eigenvalue weighted by molar-refractivity contribution is 5.84. The van der Waals surface area contributed by atoms with Gasteiger partial charge in [-0.1, -0.05) is 23.8 Å². The maximum Gasteiger partial charge on any atom is 0.223 e. The normalized spacial score (nSPS) is 16.4.